The van der Waals surface area contributed by atoms with Crippen molar-refractivity contribution >= 4 is 45.0 Å². The smallest absolute Gasteiger partial charge is 0.425 e. The Balaban J connectivity index is 2.51. The lowest BCUT2D eigenvalue weighted by Crippen LogP contribution is -2.44. The van der Waals surface area contributed by atoms with E-state index in [0.29, 0.717) is 15.5 Å². The first kappa shape index (κ1) is 19.2. The van der Waals surface area contributed by atoms with Crippen LogP contribution in [0.15, 0.2) is 16.7 Å². The Bertz CT molecular complexity index is 777. The molecule has 8 nitrogen and oxygen atoms in total. The first-order valence-electron chi connectivity index (χ1n) is 7.63. The van der Waals surface area contributed by atoms with Gasteiger partial charge in [-0.05, 0) is 63.5 Å². The molecule has 0 bridgehead atoms. The number of nitrogens with one attached hydrogen (secondary N) is 1. The van der Waals surface area contributed by atoms with Gasteiger partial charge in [0.25, 0.3) is 0 Å². The number of imide groups is 1. The highest BCUT2D eigenvalue weighted by Crippen LogP contribution is 2.28. The number of pyridine rings is 1. The number of anilines is 1. The van der Waals surface area contributed by atoms with Gasteiger partial charge in [0.2, 0.25) is 0 Å². The van der Waals surface area contributed by atoms with Crippen LogP contribution in [0, 0.1) is 0 Å². The van der Waals surface area contributed by atoms with Crippen molar-refractivity contribution in [2.75, 3.05) is 4.90 Å². The summed E-state index contributed by atoms with van der Waals surface area (Å²) in [7, 11) is 0. The zero-order chi connectivity index (χ0) is 19.0. The fourth-order valence-corrected chi connectivity index (χ4v) is 2.23. The molecular formula is C16H21BrN4O4. The van der Waals surface area contributed by atoms with Gasteiger partial charge in [-0.25, -0.2) is 14.6 Å². The van der Waals surface area contributed by atoms with E-state index in [1.54, 1.807) is 53.8 Å². The van der Waals surface area contributed by atoms with Gasteiger partial charge < -0.3 is 9.47 Å². The minimum Gasteiger partial charge on any atom is -0.443 e. The van der Waals surface area contributed by atoms with Gasteiger partial charge in [0, 0.05) is 10.7 Å². The molecule has 0 aliphatic carbocycles. The minimum absolute atomic E-state index is 0.0623. The largest absolute Gasteiger partial charge is 0.443 e. The van der Waals surface area contributed by atoms with E-state index in [1.165, 1.54) is 0 Å². The molecule has 0 saturated heterocycles. The maximum absolute atomic E-state index is 12.6. The SMILES string of the molecule is CC(C)(C)OC(=O)N(C(=O)OC(C)(C)C)c1n[nH]c2ncc(Br)cc12. The zero-order valence-electron chi connectivity index (χ0n) is 15.0. The first-order chi connectivity index (χ1) is 11.4. The first-order valence-corrected chi connectivity index (χ1v) is 8.42. The highest BCUT2D eigenvalue weighted by Gasteiger charge is 2.35. The number of fused-ring (bicyclic) bond motifs is 1. The summed E-state index contributed by atoms with van der Waals surface area (Å²) in [5, 5.41) is 7.22. The second-order valence-electron chi connectivity index (χ2n) is 7.39. The molecule has 2 aromatic rings. The van der Waals surface area contributed by atoms with Crippen molar-refractivity contribution in [2.24, 2.45) is 0 Å². The maximum atomic E-state index is 12.6. The average Bonchev–Trinajstić information content (AvgIpc) is 2.78. The molecule has 0 unspecified atom stereocenters. The van der Waals surface area contributed by atoms with Crippen LogP contribution in [0.25, 0.3) is 11.0 Å². The molecule has 0 aliphatic rings. The highest BCUT2D eigenvalue weighted by molar-refractivity contribution is 9.10. The van der Waals surface area contributed by atoms with Crippen LogP contribution >= 0.6 is 15.9 Å². The molecule has 25 heavy (non-hydrogen) atoms. The lowest BCUT2D eigenvalue weighted by Gasteiger charge is -2.27. The zero-order valence-corrected chi connectivity index (χ0v) is 16.6. The summed E-state index contributed by atoms with van der Waals surface area (Å²) in [6, 6.07) is 1.70. The molecule has 2 amide bonds. The summed E-state index contributed by atoms with van der Waals surface area (Å²) in [5.74, 6) is 0.0623. The second-order valence-corrected chi connectivity index (χ2v) is 8.31. The quantitative estimate of drug-likeness (QED) is 0.745. The van der Waals surface area contributed by atoms with Crippen molar-refractivity contribution in [1.82, 2.24) is 15.2 Å². The van der Waals surface area contributed by atoms with Gasteiger partial charge in [0.1, 0.15) is 11.2 Å². The molecule has 0 spiro atoms. The van der Waals surface area contributed by atoms with Crippen LogP contribution in [-0.2, 0) is 9.47 Å². The fourth-order valence-electron chi connectivity index (χ4n) is 1.90. The number of amides is 2. The van der Waals surface area contributed by atoms with Gasteiger partial charge in [-0.1, -0.05) is 0 Å². The summed E-state index contributed by atoms with van der Waals surface area (Å²) < 4.78 is 11.4. The maximum Gasteiger partial charge on any atom is 0.425 e. The minimum atomic E-state index is -0.880. The van der Waals surface area contributed by atoms with Crippen LogP contribution in [0.1, 0.15) is 41.5 Å². The van der Waals surface area contributed by atoms with Crippen LogP contribution < -0.4 is 4.90 Å². The summed E-state index contributed by atoms with van der Waals surface area (Å²) in [6.45, 7) is 10.2. The van der Waals surface area contributed by atoms with Gasteiger partial charge in [0.15, 0.2) is 11.5 Å². The summed E-state index contributed by atoms with van der Waals surface area (Å²) in [5.41, 5.74) is -1.15. The molecule has 2 aromatic heterocycles. The third kappa shape index (κ3) is 4.91. The van der Waals surface area contributed by atoms with E-state index >= 15 is 0 Å². The highest BCUT2D eigenvalue weighted by atomic mass is 79.9. The number of hydrogen-bond donors (Lipinski definition) is 1. The Morgan fingerprint density at radius 3 is 2.08 bits per heavy atom. The topological polar surface area (TPSA) is 97.4 Å². The van der Waals surface area contributed by atoms with Crippen LogP contribution in [0.3, 0.4) is 0 Å². The number of rotatable bonds is 1. The van der Waals surface area contributed by atoms with Gasteiger partial charge in [0.05, 0.1) is 5.39 Å². The predicted octanol–water partition coefficient (Wildman–Crippen LogP) is 4.40. The summed E-state index contributed by atoms with van der Waals surface area (Å²) in [4.78, 5) is 30.2. The Labute approximate surface area is 154 Å². The molecular weight excluding hydrogens is 392 g/mol. The predicted molar refractivity (Wildman–Crippen MR) is 96.5 cm³/mol. The van der Waals surface area contributed by atoms with Crippen LogP contribution in [-0.4, -0.2) is 38.6 Å². The van der Waals surface area contributed by atoms with E-state index in [9.17, 15) is 9.59 Å². The molecule has 0 fully saturated rings. The van der Waals surface area contributed by atoms with Gasteiger partial charge in [-0.15, -0.1) is 0 Å². The Kier molecular flexibility index (Phi) is 5.08. The van der Waals surface area contributed by atoms with E-state index in [1.807, 2.05) is 0 Å². The van der Waals surface area contributed by atoms with Gasteiger partial charge in [-0.2, -0.15) is 10.00 Å². The third-order valence-electron chi connectivity index (χ3n) is 2.73. The van der Waals surface area contributed by atoms with E-state index in [4.69, 9.17) is 9.47 Å². The third-order valence-corrected chi connectivity index (χ3v) is 3.16. The van der Waals surface area contributed by atoms with Gasteiger partial charge >= 0.3 is 12.2 Å². The van der Waals surface area contributed by atoms with Gasteiger partial charge in [-0.3, -0.25) is 5.10 Å². The Morgan fingerprint density at radius 2 is 1.60 bits per heavy atom. The molecule has 2 heterocycles. The number of halogens is 1. The van der Waals surface area contributed by atoms with E-state index in [0.717, 1.165) is 4.90 Å². The molecule has 1 N–H and O–H groups in total. The molecule has 0 aromatic carbocycles. The number of nitrogens with zero attached hydrogens (tertiary/aromatic N) is 3. The lowest BCUT2D eigenvalue weighted by molar-refractivity contribution is 0.0429. The van der Waals surface area contributed by atoms with E-state index in [-0.39, 0.29) is 5.82 Å². The number of ether oxygens (including phenoxy) is 2. The number of carbonyl (C=O) groups excluding carboxylic acids is 2. The van der Waals surface area contributed by atoms with Crippen LogP contribution in [0.4, 0.5) is 15.4 Å². The Morgan fingerprint density at radius 1 is 1.08 bits per heavy atom. The molecule has 2 rings (SSSR count). The van der Waals surface area contributed by atoms with Crippen molar-refractivity contribution in [3.8, 4) is 0 Å². The molecule has 9 heteroatoms. The Hall–Kier alpha value is -2.16. The van der Waals surface area contributed by atoms with Crippen molar-refractivity contribution in [2.45, 2.75) is 52.7 Å². The monoisotopic (exact) mass is 412 g/mol. The van der Waals surface area contributed by atoms with Crippen molar-refractivity contribution in [3.05, 3.63) is 16.7 Å². The average molecular weight is 413 g/mol. The molecule has 0 saturated carbocycles. The van der Waals surface area contributed by atoms with E-state index < -0.39 is 23.4 Å². The number of carbonyl (C=O) groups is 2. The molecule has 0 atom stereocenters. The van der Waals surface area contributed by atoms with Crippen molar-refractivity contribution in [3.63, 3.8) is 0 Å². The number of aromatic nitrogens is 3. The summed E-state index contributed by atoms with van der Waals surface area (Å²) in [6.07, 6.45) is -0.180. The standard InChI is InChI=1S/C16H21BrN4O4/c1-15(2,3)24-13(22)21(14(23)25-16(4,5)6)12-10-7-9(17)8-18-11(10)19-20-12/h7-8H,1-6H3,(H,18,19,20). The number of aromatic amines is 1. The number of H-pyrrole nitrogens is 1. The van der Waals surface area contributed by atoms with Crippen LogP contribution in [0.2, 0.25) is 0 Å². The van der Waals surface area contributed by atoms with Crippen LogP contribution in [0.5, 0.6) is 0 Å². The van der Waals surface area contributed by atoms with E-state index in [2.05, 4.69) is 31.1 Å². The normalized spacial score (nSPS) is 12.1. The molecule has 0 radical (unpaired) electrons. The lowest BCUT2D eigenvalue weighted by atomic mass is 10.2. The van der Waals surface area contributed by atoms with Crippen molar-refractivity contribution in [1.29, 1.82) is 0 Å². The fraction of sp³-hybridized carbons (Fsp3) is 0.500. The molecule has 136 valence electrons. The number of hydrogen-bond acceptors (Lipinski definition) is 6. The molecule has 0 aliphatic heterocycles. The second kappa shape index (κ2) is 6.62. The summed E-state index contributed by atoms with van der Waals surface area (Å²) >= 11 is 3.32. The van der Waals surface area contributed by atoms with Crippen molar-refractivity contribution < 1.29 is 19.1 Å².